The van der Waals surface area contributed by atoms with Crippen LogP contribution in [0, 0.1) is 0 Å². The Morgan fingerprint density at radius 1 is 1.00 bits per heavy atom. The van der Waals surface area contributed by atoms with Crippen molar-refractivity contribution in [1.82, 2.24) is 0 Å². The van der Waals surface area contributed by atoms with E-state index in [1.165, 1.54) is 0 Å². The van der Waals surface area contributed by atoms with Crippen LogP contribution in [0.25, 0.3) is 0 Å². The van der Waals surface area contributed by atoms with Crippen molar-refractivity contribution in [3.05, 3.63) is 52.5 Å². The monoisotopic (exact) mass is 307 g/mol. The van der Waals surface area contributed by atoms with Crippen molar-refractivity contribution in [2.24, 2.45) is 5.73 Å². The fourth-order valence-corrected chi connectivity index (χ4v) is 2.50. The summed E-state index contributed by atoms with van der Waals surface area (Å²) in [5, 5.41) is 0.413. The number of hydrogen-bond donors (Lipinski definition) is 1. The van der Waals surface area contributed by atoms with Crippen molar-refractivity contribution in [2.45, 2.75) is 6.04 Å². The van der Waals surface area contributed by atoms with Gasteiger partial charge in [-0.25, -0.2) is 0 Å². The Morgan fingerprint density at radius 2 is 1.76 bits per heavy atom. The van der Waals surface area contributed by atoms with E-state index in [9.17, 15) is 0 Å². The highest BCUT2D eigenvalue weighted by Gasteiger charge is 2.19. The average molecular weight is 308 g/mol. The Kier molecular flexibility index (Phi) is 4.94. The molecule has 2 aromatic carbocycles. The van der Waals surface area contributed by atoms with Crippen molar-refractivity contribution in [1.29, 1.82) is 0 Å². The number of halogens is 1. The number of methoxy groups -OCH3 is 3. The Hall–Kier alpha value is -1.91. The summed E-state index contributed by atoms with van der Waals surface area (Å²) in [7, 11) is 4.74. The van der Waals surface area contributed by atoms with E-state index in [4.69, 9.17) is 31.5 Å². The Morgan fingerprint density at radius 3 is 2.38 bits per heavy atom. The van der Waals surface area contributed by atoms with Crippen LogP contribution in [0.4, 0.5) is 0 Å². The summed E-state index contributed by atoms with van der Waals surface area (Å²) in [6.07, 6.45) is 0. The Labute approximate surface area is 129 Å². The quantitative estimate of drug-likeness (QED) is 0.919. The highest BCUT2D eigenvalue weighted by atomic mass is 35.5. The smallest absolute Gasteiger partial charge is 0.146 e. The van der Waals surface area contributed by atoms with Gasteiger partial charge < -0.3 is 19.9 Å². The number of hydrogen-bond acceptors (Lipinski definition) is 4. The van der Waals surface area contributed by atoms with E-state index >= 15 is 0 Å². The second-order valence-corrected chi connectivity index (χ2v) is 4.84. The molecule has 4 nitrogen and oxygen atoms in total. The summed E-state index contributed by atoms with van der Waals surface area (Å²) in [6, 6.07) is 10.8. The minimum atomic E-state index is -0.376. The molecule has 1 unspecified atom stereocenters. The largest absolute Gasteiger partial charge is 0.497 e. The van der Waals surface area contributed by atoms with Gasteiger partial charge in [-0.15, -0.1) is 0 Å². The third kappa shape index (κ3) is 3.06. The number of ether oxygens (including phenoxy) is 3. The van der Waals surface area contributed by atoms with Crippen LogP contribution in [0.5, 0.6) is 17.2 Å². The standard InChI is InChI=1S/C16H18ClNO3/c1-19-11-6-4-5-10(9-11)15(18)12-7-8-13(20-2)14(17)16(12)21-3/h4-9,15H,18H2,1-3H3. The predicted molar refractivity (Wildman–Crippen MR) is 83.6 cm³/mol. The molecule has 0 aliphatic heterocycles. The summed E-state index contributed by atoms with van der Waals surface area (Å²) >= 11 is 6.27. The second-order valence-electron chi connectivity index (χ2n) is 4.46. The van der Waals surface area contributed by atoms with Gasteiger partial charge in [0.1, 0.15) is 22.3 Å². The van der Waals surface area contributed by atoms with E-state index in [0.29, 0.717) is 16.5 Å². The van der Waals surface area contributed by atoms with Crippen LogP contribution in [0.2, 0.25) is 5.02 Å². The van der Waals surface area contributed by atoms with Crippen molar-refractivity contribution in [3.8, 4) is 17.2 Å². The molecule has 0 amide bonds. The molecule has 1 atom stereocenters. The highest BCUT2D eigenvalue weighted by molar-refractivity contribution is 6.33. The first kappa shape index (κ1) is 15.5. The lowest BCUT2D eigenvalue weighted by Crippen LogP contribution is -2.13. The minimum Gasteiger partial charge on any atom is -0.497 e. The van der Waals surface area contributed by atoms with Crippen molar-refractivity contribution in [3.63, 3.8) is 0 Å². The molecule has 0 saturated carbocycles. The van der Waals surface area contributed by atoms with E-state index in [-0.39, 0.29) is 6.04 Å². The number of nitrogens with two attached hydrogens (primary N) is 1. The van der Waals surface area contributed by atoms with Gasteiger partial charge in [0.05, 0.1) is 27.4 Å². The fraction of sp³-hybridized carbons (Fsp3) is 0.250. The maximum atomic E-state index is 6.34. The van der Waals surface area contributed by atoms with Crippen LogP contribution < -0.4 is 19.9 Å². The van der Waals surface area contributed by atoms with Crippen molar-refractivity contribution < 1.29 is 14.2 Å². The van der Waals surface area contributed by atoms with Crippen LogP contribution in [-0.2, 0) is 0 Å². The maximum absolute atomic E-state index is 6.34. The zero-order valence-electron chi connectivity index (χ0n) is 12.2. The molecule has 0 fully saturated rings. The lowest BCUT2D eigenvalue weighted by atomic mass is 9.98. The van der Waals surface area contributed by atoms with Crippen LogP contribution in [0.15, 0.2) is 36.4 Å². The van der Waals surface area contributed by atoms with Gasteiger partial charge in [0.15, 0.2) is 0 Å². The normalized spacial score (nSPS) is 11.9. The molecular formula is C16H18ClNO3. The third-order valence-electron chi connectivity index (χ3n) is 3.30. The van der Waals surface area contributed by atoms with Gasteiger partial charge in [0.25, 0.3) is 0 Å². The molecule has 0 radical (unpaired) electrons. The zero-order chi connectivity index (χ0) is 15.4. The van der Waals surface area contributed by atoms with Crippen LogP contribution in [0.1, 0.15) is 17.2 Å². The van der Waals surface area contributed by atoms with Crippen LogP contribution in [-0.4, -0.2) is 21.3 Å². The van der Waals surface area contributed by atoms with Crippen LogP contribution >= 0.6 is 11.6 Å². The first-order chi connectivity index (χ1) is 10.1. The summed E-state index contributed by atoms with van der Waals surface area (Å²) in [5.41, 5.74) is 8.04. The Bertz CT molecular complexity index is 631. The lowest BCUT2D eigenvalue weighted by Gasteiger charge is -2.19. The topological polar surface area (TPSA) is 53.7 Å². The highest BCUT2D eigenvalue weighted by Crippen LogP contribution is 2.40. The van der Waals surface area contributed by atoms with E-state index < -0.39 is 0 Å². The molecule has 21 heavy (non-hydrogen) atoms. The zero-order valence-corrected chi connectivity index (χ0v) is 13.0. The van der Waals surface area contributed by atoms with E-state index in [0.717, 1.165) is 16.9 Å². The molecule has 0 saturated heterocycles. The molecule has 0 heterocycles. The second kappa shape index (κ2) is 6.70. The van der Waals surface area contributed by atoms with Gasteiger partial charge in [-0.05, 0) is 29.8 Å². The summed E-state index contributed by atoms with van der Waals surface area (Å²) in [6.45, 7) is 0. The van der Waals surface area contributed by atoms with Gasteiger partial charge in [-0.2, -0.15) is 0 Å². The van der Waals surface area contributed by atoms with Gasteiger partial charge in [0.2, 0.25) is 0 Å². The SMILES string of the molecule is COc1cccc(C(N)c2ccc(OC)c(Cl)c2OC)c1. The molecule has 0 aliphatic rings. The molecule has 0 aliphatic carbocycles. The van der Waals surface area contributed by atoms with Gasteiger partial charge in [-0.3, -0.25) is 0 Å². The van der Waals surface area contributed by atoms with Crippen molar-refractivity contribution >= 4 is 11.6 Å². The molecule has 2 rings (SSSR count). The predicted octanol–water partition coefficient (Wildman–Crippen LogP) is 3.41. The molecule has 2 aromatic rings. The number of benzene rings is 2. The molecule has 0 bridgehead atoms. The molecule has 0 aromatic heterocycles. The van der Waals surface area contributed by atoms with Gasteiger partial charge in [-0.1, -0.05) is 23.7 Å². The molecule has 112 valence electrons. The average Bonchev–Trinajstić information content (AvgIpc) is 2.53. The van der Waals surface area contributed by atoms with E-state index in [2.05, 4.69) is 0 Å². The van der Waals surface area contributed by atoms with Gasteiger partial charge in [0, 0.05) is 5.56 Å². The fourth-order valence-electron chi connectivity index (χ4n) is 2.18. The summed E-state index contributed by atoms with van der Waals surface area (Å²) in [4.78, 5) is 0. The van der Waals surface area contributed by atoms with Gasteiger partial charge >= 0.3 is 0 Å². The minimum absolute atomic E-state index is 0.376. The van der Waals surface area contributed by atoms with Crippen LogP contribution in [0.3, 0.4) is 0 Å². The van der Waals surface area contributed by atoms with Crippen molar-refractivity contribution in [2.75, 3.05) is 21.3 Å². The molecular weight excluding hydrogens is 290 g/mol. The number of rotatable bonds is 5. The summed E-state index contributed by atoms with van der Waals surface area (Å²) < 4.78 is 15.8. The lowest BCUT2D eigenvalue weighted by molar-refractivity contribution is 0.390. The van der Waals surface area contributed by atoms with E-state index in [1.807, 2.05) is 30.3 Å². The third-order valence-corrected chi connectivity index (χ3v) is 3.66. The Balaban J connectivity index is 2.47. The molecule has 5 heteroatoms. The maximum Gasteiger partial charge on any atom is 0.146 e. The first-order valence-electron chi connectivity index (χ1n) is 6.42. The van der Waals surface area contributed by atoms with E-state index in [1.54, 1.807) is 27.4 Å². The first-order valence-corrected chi connectivity index (χ1v) is 6.80. The summed E-state index contributed by atoms with van der Waals surface area (Å²) in [5.74, 6) is 1.82. The molecule has 2 N–H and O–H groups in total. The molecule has 0 spiro atoms.